The molecule has 2 atom stereocenters. The first-order chi connectivity index (χ1) is 17.9. The maximum Gasteiger partial charge on any atom is 0.295 e. The minimum Gasteiger partial charge on any atom is -0.507 e. The summed E-state index contributed by atoms with van der Waals surface area (Å²) in [6.07, 6.45) is 2.76. The van der Waals surface area contributed by atoms with E-state index in [1.807, 2.05) is 43.3 Å². The first-order valence-corrected chi connectivity index (χ1v) is 13.4. The summed E-state index contributed by atoms with van der Waals surface area (Å²) in [4.78, 5) is 30.5. The number of aliphatic hydroxyl groups excluding tert-OH is 1. The van der Waals surface area contributed by atoms with Gasteiger partial charge < -0.3 is 24.4 Å². The molecule has 7 heteroatoms. The zero-order chi connectivity index (χ0) is 26.5. The van der Waals surface area contributed by atoms with E-state index in [9.17, 15) is 14.7 Å². The molecule has 1 saturated heterocycles. The Morgan fingerprint density at radius 1 is 1.14 bits per heavy atom. The molecule has 2 aromatic rings. The van der Waals surface area contributed by atoms with Gasteiger partial charge in [-0.1, -0.05) is 39.3 Å². The van der Waals surface area contributed by atoms with Gasteiger partial charge in [-0.15, -0.1) is 0 Å². The van der Waals surface area contributed by atoms with Crippen molar-refractivity contribution in [1.29, 1.82) is 0 Å². The van der Waals surface area contributed by atoms with Crippen LogP contribution in [0.15, 0.2) is 48.0 Å². The molecule has 0 unspecified atom stereocenters. The number of ether oxygens (including phenoxy) is 2. The smallest absolute Gasteiger partial charge is 0.295 e. The molecule has 2 heterocycles. The molecule has 0 spiro atoms. The van der Waals surface area contributed by atoms with Crippen molar-refractivity contribution in [2.24, 2.45) is 0 Å². The highest BCUT2D eigenvalue weighted by Crippen LogP contribution is 2.41. The van der Waals surface area contributed by atoms with E-state index in [2.05, 4.69) is 25.7 Å². The van der Waals surface area contributed by atoms with Gasteiger partial charge in [0.2, 0.25) is 0 Å². The minimum atomic E-state index is -0.700. The molecule has 1 amide bonds. The van der Waals surface area contributed by atoms with Gasteiger partial charge in [-0.05, 0) is 67.9 Å². The Labute approximate surface area is 219 Å². The second-order valence-electron chi connectivity index (χ2n) is 9.75. The largest absolute Gasteiger partial charge is 0.507 e. The summed E-state index contributed by atoms with van der Waals surface area (Å²) in [5.74, 6) is 0.0630. The number of aliphatic hydroxyl groups is 1. The van der Waals surface area contributed by atoms with Crippen molar-refractivity contribution in [3.63, 3.8) is 0 Å². The van der Waals surface area contributed by atoms with Gasteiger partial charge in [-0.25, -0.2) is 0 Å². The van der Waals surface area contributed by atoms with Gasteiger partial charge in [0, 0.05) is 25.1 Å². The molecule has 1 N–H and O–H groups in total. The molecule has 2 aliphatic heterocycles. The average Bonchev–Trinajstić information content (AvgIpc) is 3.40. The summed E-state index contributed by atoms with van der Waals surface area (Å²) >= 11 is 0. The number of fused-ring (bicyclic) bond motifs is 1. The molecular formula is C30H38N2O5. The molecule has 198 valence electrons. The highest BCUT2D eigenvalue weighted by Gasteiger charge is 2.46. The molecule has 2 aromatic carbocycles. The van der Waals surface area contributed by atoms with Gasteiger partial charge >= 0.3 is 0 Å². The van der Waals surface area contributed by atoms with E-state index in [1.54, 1.807) is 11.0 Å². The van der Waals surface area contributed by atoms with Crippen LogP contribution < -0.4 is 9.47 Å². The second kappa shape index (κ2) is 11.8. The fraction of sp³-hybridized carbons (Fsp3) is 0.467. The summed E-state index contributed by atoms with van der Waals surface area (Å²) in [6.45, 7) is 11.6. The van der Waals surface area contributed by atoms with E-state index >= 15 is 0 Å². The van der Waals surface area contributed by atoms with Crippen LogP contribution in [0.1, 0.15) is 63.3 Å². The molecule has 0 radical (unpaired) electrons. The fourth-order valence-corrected chi connectivity index (χ4v) is 5.08. The number of hydrogen-bond acceptors (Lipinski definition) is 6. The second-order valence-corrected chi connectivity index (χ2v) is 9.75. The molecule has 7 nitrogen and oxygen atoms in total. The SMILES string of the molecule is CCCCOc1cccc([C@@H]2C(=C(O)c3ccc4c(c3)C[C@@H](C)O4)C(=O)C(=O)N2CCN(CC)CC)c1. The number of carbonyl (C=O) groups excluding carboxylic acids is 2. The predicted octanol–water partition coefficient (Wildman–Crippen LogP) is 4.95. The van der Waals surface area contributed by atoms with Crippen LogP contribution >= 0.6 is 0 Å². The lowest BCUT2D eigenvalue weighted by molar-refractivity contribution is -0.140. The molecular weight excluding hydrogens is 468 g/mol. The van der Waals surface area contributed by atoms with Crippen LogP contribution in [0.3, 0.4) is 0 Å². The third-order valence-electron chi connectivity index (χ3n) is 7.20. The first-order valence-electron chi connectivity index (χ1n) is 13.4. The lowest BCUT2D eigenvalue weighted by Gasteiger charge is -2.28. The van der Waals surface area contributed by atoms with Crippen molar-refractivity contribution in [3.8, 4) is 11.5 Å². The number of Topliss-reactive ketones (excluding diaryl/α,β-unsaturated/α-hetero) is 1. The lowest BCUT2D eigenvalue weighted by atomic mass is 9.94. The number of likely N-dealkylation sites (N-methyl/N-ethyl adjacent to an activating group) is 1. The summed E-state index contributed by atoms with van der Waals surface area (Å²) in [5, 5.41) is 11.5. The number of ketones is 1. The quantitative estimate of drug-likeness (QED) is 0.201. The number of rotatable bonds is 11. The zero-order valence-corrected chi connectivity index (χ0v) is 22.3. The monoisotopic (exact) mass is 506 g/mol. The van der Waals surface area contributed by atoms with Crippen molar-refractivity contribution in [1.82, 2.24) is 9.80 Å². The van der Waals surface area contributed by atoms with Gasteiger partial charge in [0.1, 0.15) is 23.4 Å². The van der Waals surface area contributed by atoms with Gasteiger partial charge in [0.05, 0.1) is 18.2 Å². The number of carbonyl (C=O) groups is 2. The Morgan fingerprint density at radius 3 is 2.65 bits per heavy atom. The van der Waals surface area contributed by atoms with E-state index < -0.39 is 17.7 Å². The summed E-state index contributed by atoms with van der Waals surface area (Å²) in [5.41, 5.74) is 2.35. The first kappa shape index (κ1) is 26.7. The van der Waals surface area contributed by atoms with Gasteiger partial charge in [0.15, 0.2) is 0 Å². The predicted molar refractivity (Wildman–Crippen MR) is 144 cm³/mol. The van der Waals surface area contributed by atoms with Crippen LogP contribution in [-0.2, 0) is 16.0 Å². The molecule has 2 aliphatic rings. The van der Waals surface area contributed by atoms with Crippen LogP contribution in [0.25, 0.3) is 5.76 Å². The maximum absolute atomic E-state index is 13.4. The van der Waals surface area contributed by atoms with Gasteiger partial charge in [-0.3, -0.25) is 9.59 Å². The lowest BCUT2D eigenvalue weighted by Crippen LogP contribution is -2.38. The maximum atomic E-state index is 13.4. The van der Waals surface area contributed by atoms with Crippen LogP contribution in [0.5, 0.6) is 11.5 Å². The number of likely N-dealkylation sites (tertiary alicyclic amines) is 1. The molecule has 37 heavy (non-hydrogen) atoms. The molecule has 0 saturated carbocycles. The Balaban J connectivity index is 1.76. The van der Waals surface area contributed by atoms with Crippen molar-refractivity contribution in [3.05, 3.63) is 64.7 Å². The van der Waals surface area contributed by atoms with Gasteiger partial charge in [0.25, 0.3) is 11.7 Å². The summed E-state index contributed by atoms with van der Waals surface area (Å²) in [6, 6.07) is 12.2. The Kier molecular flexibility index (Phi) is 8.54. The number of benzene rings is 2. The van der Waals surface area contributed by atoms with E-state index in [1.165, 1.54) is 0 Å². The summed E-state index contributed by atoms with van der Waals surface area (Å²) in [7, 11) is 0. The average molecular weight is 507 g/mol. The van der Waals surface area contributed by atoms with Crippen molar-refractivity contribution < 1.29 is 24.2 Å². The van der Waals surface area contributed by atoms with E-state index in [0.717, 1.165) is 49.2 Å². The van der Waals surface area contributed by atoms with Crippen LogP contribution in [-0.4, -0.2) is 65.5 Å². The Hall–Kier alpha value is -3.32. The summed E-state index contributed by atoms with van der Waals surface area (Å²) < 4.78 is 11.7. The number of unbranched alkanes of at least 4 members (excludes halogenated alkanes) is 1. The van der Waals surface area contributed by atoms with Crippen molar-refractivity contribution in [2.45, 2.75) is 59.1 Å². The Morgan fingerprint density at radius 2 is 1.92 bits per heavy atom. The van der Waals surface area contributed by atoms with E-state index in [4.69, 9.17) is 9.47 Å². The van der Waals surface area contributed by atoms with Crippen molar-refractivity contribution in [2.75, 3.05) is 32.8 Å². The van der Waals surface area contributed by atoms with Crippen LogP contribution in [0.4, 0.5) is 0 Å². The molecule has 1 fully saturated rings. The number of nitrogens with zero attached hydrogens (tertiary/aromatic N) is 2. The third-order valence-corrected chi connectivity index (χ3v) is 7.20. The van der Waals surface area contributed by atoms with Crippen LogP contribution in [0, 0.1) is 0 Å². The van der Waals surface area contributed by atoms with E-state index in [-0.39, 0.29) is 17.4 Å². The van der Waals surface area contributed by atoms with Crippen LogP contribution in [0.2, 0.25) is 0 Å². The molecule has 0 bridgehead atoms. The standard InChI is InChI=1S/C30H38N2O5/c1-5-8-16-36-24-11-9-10-21(19-24)27-26(29(34)30(35)32(27)15-14-31(6-2)7-3)28(33)22-12-13-25-23(18-22)17-20(4)37-25/h9-13,18-20,27,33H,5-8,14-17H2,1-4H3/t20-,27-/m1/s1. The highest BCUT2D eigenvalue weighted by atomic mass is 16.5. The van der Waals surface area contributed by atoms with Crippen molar-refractivity contribution >= 4 is 17.4 Å². The molecule has 0 aliphatic carbocycles. The number of hydrogen-bond donors (Lipinski definition) is 1. The molecule has 4 rings (SSSR count). The number of amides is 1. The normalized spacial score (nSPS) is 20.4. The fourth-order valence-electron chi connectivity index (χ4n) is 5.08. The van der Waals surface area contributed by atoms with Gasteiger partial charge in [-0.2, -0.15) is 0 Å². The minimum absolute atomic E-state index is 0.0634. The third kappa shape index (κ3) is 5.67. The highest BCUT2D eigenvalue weighted by molar-refractivity contribution is 6.46. The Bertz CT molecular complexity index is 1170. The zero-order valence-electron chi connectivity index (χ0n) is 22.3. The topological polar surface area (TPSA) is 79.3 Å². The molecule has 0 aromatic heterocycles. The van der Waals surface area contributed by atoms with E-state index in [0.29, 0.717) is 31.0 Å².